The third kappa shape index (κ3) is 1.80. The summed E-state index contributed by atoms with van der Waals surface area (Å²) in [7, 11) is 0. The van der Waals surface area contributed by atoms with Crippen LogP contribution < -0.4 is 0 Å². The van der Waals surface area contributed by atoms with E-state index in [1.807, 2.05) is 0 Å². The van der Waals surface area contributed by atoms with Crippen LogP contribution in [0.15, 0.2) is 78.9 Å². The van der Waals surface area contributed by atoms with Gasteiger partial charge in [0, 0.05) is 0 Å². The molecule has 0 aliphatic heterocycles. The van der Waals surface area contributed by atoms with Crippen LogP contribution >= 0.6 is 0 Å². The molecule has 0 saturated heterocycles. The molecule has 114 valence electrons. The van der Waals surface area contributed by atoms with Gasteiger partial charge in [0.05, 0.1) is 0 Å². The molecule has 0 atom stereocenters. The Kier molecular flexibility index (Phi) is 2.87. The molecule has 1 aliphatic rings. The molecule has 0 fully saturated rings. The van der Waals surface area contributed by atoms with E-state index in [1.54, 1.807) is 0 Å². The van der Waals surface area contributed by atoms with Crippen molar-refractivity contribution in [3.05, 3.63) is 84.4 Å². The topological polar surface area (TPSA) is 0 Å². The van der Waals surface area contributed by atoms with Gasteiger partial charge in [0.2, 0.25) is 0 Å². The number of rotatable bonds is 2. The fourth-order valence-electron chi connectivity index (χ4n) is 3.98. The van der Waals surface area contributed by atoms with Crippen molar-refractivity contribution in [2.24, 2.45) is 0 Å². The van der Waals surface area contributed by atoms with Gasteiger partial charge in [-0.05, 0) is 56.1 Å². The van der Waals surface area contributed by atoms with Gasteiger partial charge < -0.3 is 0 Å². The van der Waals surface area contributed by atoms with Crippen molar-refractivity contribution in [1.82, 2.24) is 0 Å². The Morgan fingerprint density at radius 2 is 1.17 bits per heavy atom. The fourth-order valence-corrected chi connectivity index (χ4v) is 3.98. The third-order valence-electron chi connectivity index (χ3n) is 5.22. The standard InChI is InChI=1S/C24H18/c1-2-16-10-12-17(13-11-16)18-14-15-23-20-7-4-3-6-19(20)22-9-5-8-21(18)24(22)23/h3-15H,2H2,1H3. The van der Waals surface area contributed by atoms with E-state index >= 15 is 0 Å². The van der Waals surface area contributed by atoms with Crippen molar-refractivity contribution in [3.8, 4) is 33.4 Å². The summed E-state index contributed by atoms with van der Waals surface area (Å²) in [4.78, 5) is 0. The van der Waals surface area contributed by atoms with Crippen LogP contribution in [-0.2, 0) is 6.42 Å². The fraction of sp³-hybridized carbons (Fsp3) is 0.0833. The molecule has 24 heavy (non-hydrogen) atoms. The van der Waals surface area contributed by atoms with E-state index in [4.69, 9.17) is 0 Å². The zero-order chi connectivity index (χ0) is 16.1. The number of hydrogen-bond donors (Lipinski definition) is 0. The first kappa shape index (κ1) is 13.6. The van der Waals surface area contributed by atoms with E-state index in [9.17, 15) is 0 Å². The molecule has 0 heterocycles. The lowest BCUT2D eigenvalue weighted by Crippen LogP contribution is -1.85. The summed E-state index contributed by atoms with van der Waals surface area (Å²) in [6, 6.07) is 29.0. The Labute approximate surface area is 142 Å². The van der Waals surface area contributed by atoms with E-state index in [2.05, 4.69) is 85.8 Å². The van der Waals surface area contributed by atoms with Crippen molar-refractivity contribution in [1.29, 1.82) is 0 Å². The molecule has 4 aromatic carbocycles. The second kappa shape index (κ2) is 5.07. The van der Waals surface area contributed by atoms with Crippen LogP contribution in [-0.4, -0.2) is 0 Å². The van der Waals surface area contributed by atoms with Gasteiger partial charge in [-0.3, -0.25) is 0 Å². The highest BCUT2D eigenvalue weighted by Gasteiger charge is 2.21. The minimum atomic E-state index is 1.08. The van der Waals surface area contributed by atoms with Crippen molar-refractivity contribution >= 4 is 10.8 Å². The summed E-state index contributed by atoms with van der Waals surface area (Å²) in [5, 5.41) is 2.75. The van der Waals surface area contributed by atoms with Crippen molar-refractivity contribution in [2.45, 2.75) is 13.3 Å². The molecule has 0 bridgehead atoms. The van der Waals surface area contributed by atoms with Gasteiger partial charge in [-0.25, -0.2) is 0 Å². The molecule has 4 aromatic rings. The minimum absolute atomic E-state index is 1.08. The van der Waals surface area contributed by atoms with Gasteiger partial charge in [-0.15, -0.1) is 0 Å². The monoisotopic (exact) mass is 306 g/mol. The third-order valence-corrected chi connectivity index (χ3v) is 5.22. The maximum atomic E-state index is 2.29. The molecule has 5 rings (SSSR count). The van der Waals surface area contributed by atoms with Crippen LogP contribution in [0.1, 0.15) is 12.5 Å². The second-order valence-electron chi connectivity index (χ2n) is 6.48. The largest absolute Gasteiger partial charge is 0.0616 e. The van der Waals surface area contributed by atoms with Gasteiger partial charge >= 0.3 is 0 Å². The molecule has 0 spiro atoms. The SMILES string of the molecule is CCc1ccc(-c2ccc3c4c(cccc24)-c2ccccc2-3)cc1. The normalized spacial score (nSPS) is 11.7. The Morgan fingerprint density at radius 3 is 1.88 bits per heavy atom. The first-order valence-corrected chi connectivity index (χ1v) is 8.61. The summed E-state index contributed by atoms with van der Waals surface area (Å²) in [6.07, 6.45) is 1.08. The summed E-state index contributed by atoms with van der Waals surface area (Å²) >= 11 is 0. The van der Waals surface area contributed by atoms with Gasteiger partial charge in [-0.1, -0.05) is 85.8 Å². The molecule has 0 nitrogen and oxygen atoms in total. The summed E-state index contributed by atoms with van der Waals surface area (Å²) in [5.74, 6) is 0. The van der Waals surface area contributed by atoms with Crippen LogP contribution in [0.4, 0.5) is 0 Å². The van der Waals surface area contributed by atoms with Gasteiger partial charge in [0.1, 0.15) is 0 Å². The van der Waals surface area contributed by atoms with Crippen molar-refractivity contribution in [3.63, 3.8) is 0 Å². The Balaban J connectivity index is 1.81. The van der Waals surface area contributed by atoms with Crippen molar-refractivity contribution < 1.29 is 0 Å². The van der Waals surface area contributed by atoms with Gasteiger partial charge in [0.15, 0.2) is 0 Å². The highest BCUT2D eigenvalue weighted by atomic mass is 14.2. The quantitative estimate of drug-likeness (QED) is 0.340. The number of aryl methyl sites for hydroxylation is 1. The number of fused-ring (bicyclic) bond motifs is 3. The van der Waals surface area contributed by atoms with E-state index in [-0.39, 0.29) is 0 Å². The predicted octanol–water partition coefficient (Wildman–Crippen LogP) is 6.72. The minimum Gasteiger partial charge on any atom is -0.0616 e. The average Bonchev–Trinajstić information content (AvgIpc) is 2.99. The predicted molar refractivity (Wildman–Crippen MR) is 103 cm³/mol. The maximum absolute atomic E-state index is 2.29. The zero-order valence-electron chi connectivity index (χ0n) is 13.7. The molecular formula is C24H18. The first-order chi connectivity index (χ1) is 11.9. The van der Waals surface area contributed by atoms with Crippen LogP contribution in [0.5, 0.6) is 0 Å². The summed E-state index contributed by atoms with van der Waals surface area (Å²) in [6.45, 7) is 2.20. The van der Waals surface area contributed by atoms with Gasteiger partial charge in [0.25, 0.3) is 0 Å². The first-order valence-electron chi connectivity index (χ1n) is 8.61. The molecule has 0 aromatic heterocycles. The summed E-state index contributed by atoms with van der Waals surface area (Å²) < 4.78 is 0. The lowest BCUT2D eigenvalue weighted by molar-refractivity contribution is 1.14. The van der Waals surface area contributed by atoms with Crippen LogP contribution in [0.3, 0.4) is 0 Å². The molecule has 0 heteroatoms. The highest BCUT2D eigenvalue weighted by Crippen LogP contribution is 2.48. The lowest BCUT2D eigenvalue weighted by atomic mass is 9.94. The van der Waals surface area contributed by atoms with Gasteiger partial charge in [-0.2, -0.15) is 0 Å². The molecule has 0 unspecified atom stereocenters. The van der Waals surface area contributed by atoms with Crippen LogP contribution in [0.2, 0.25) is 0 Å². The van der Waals surface area contributed by atoms with E-state index < -0.39 is 0 Å². The molecule has 0 N–H and O–H groups in total. The molecule has 0 saturated carbocycles. The summed E-state index contributed by atoms with van der Waals surface area (Å²) in [5.41, 5.74) is 9.46. The lowest BCUT2D eigenvalue weighted by Gasteiger charge is -2.10. The second-order valence-corrected chi connectivity index (χ2v) is 6.48. The van der Waals surface area contributed by atoms with Crippen LogP contribution in [0, 0.1) is 0 Å². The Hall–Kier alpha value is -2.86. The van der Waals surface area contributed by atoms with Crippen molar-refractivity contribution in [2.75, 3.05) is 0 Å². The number of benzene rings is 4. The van der Waals surface area contributed by atoms with E-state index in [1.165, 1.54) is 49.7 Å². The van der Waals surface area contributed by atoms with Crippen LogP contribution in [0.25, 0.3) is 44.2 Å². The Bertz CT molecular complexity index is 1040. The zero-order valence-corrected chi connectivity index (χ0v) is 13.7. The molecule has 1 aliphatic carbocycles. The van der Waals surface area contributed by atoms with E-state index in [0.29, 0.717) is 0 Å². The molecular weight excluding hydrogens is 288 g/mol. The smallest absolute Gasteiger partial charge is 0.00201 e. The Morgan fingerprint density at radius 1 is 0.542 bits per heavy atom. The molecule has 0 radical (unpaired) electrons. The highest BCUT2D eigenvalue weighted by molar-refractivity contribution is 6.18. The van der Waals surface area contributed by atoms with E-state index in [0.717, 1.165) is 6.42 Å². The number of hydrogen-bond acceptors (Lipinski definition) is 0. The average molecular weight is 306 g/mol. The maximum Gasteiger partial charge on any atom is -0.00201 e. The molecule has 0 amide bonds.